The number of pyridine rings is 1. The molecule has 0 atom stereocenters. The highest BCUT2D eigenvalue weighted by Crippen LogP contribution is 2.29. The zero-order chi connectivity index (χ0) is 14.8. The number of aromatic nitrogens is 1. The standard InChI is InChI=1S/C16H23N3O/c1-11(2)5-6-18-13-7-12-8-16(3,4)20-10-15(12)19-14(13)9-17/h7,11,18H,5-6,8,10H2,1-4H3. The second-order valence-electron chi connectivity index (χ2n) is 6.44. The zero-order valence-electron chi connectivity index (χ0n) is 12.8. The van der Waals surface area contributed by atoms with Gasteiger partial charge in [0.25, 0.3) is 0 Å². The Kier molecular flexibility index (Phi) is 4.29. The third-order valence-corrected chi connectivity index (χ3v) is 3.55. The van der Waals surface area contributed by atoms with Gasteiger partial charge in [-0.3, -0.25) is 0 Å². The second kappa shape index (κ2) is 5.80. The molecule has 1 aromatic heterocycles. The Morgan fingerprint density at radius 2 is 2.25 bits per heavy atom. The number of rotatable bonds is 4. The lowest BCUT2D eigenvalue weighted by atomic mass is 9.94. The summed E-state index contributed by atoms with van der Waals surface area (Å²) < 4.78 is 5.75. The summed E-state index contributed by atoms with van der Waals surface area (Å²) in [7, 11) is 0. The van der Waals surface area contributed by atoms with Gasteiger partial charge in [-0.1, -0.05) is 13.8 Å². The monoisotopic (exact) mass is 273 g/mol. The normalized spacial score (nSPS) is 16.6. The molecule has 4 nitrogen and oxygen atoms in total. The van der Waals surface area contributed by atoms with E-state index in [9.17, 15) is 5.26 Å². The van der Waals surface area contributed by atoms with E-state index in [1.54, 1.807) is 0 Å². The largest absolute Gasteiger partial charge is 0.383 e. The van der Waals surface area contributed by atoms with Crippen LogP contribution in [0.2, 0.25) is 0 Å². The molecule has 0 fully saturated rings. The minimum atomic E-state index is -0.155. The second-order valence-corrected chi connectivity index (χ2v) is 6.44. The number of nitriles is 1. The van der Waals surface area contributed by atoms with Crippen molar-refractivity contribution in [2.24, 2.45) is 5.92 Å². The maximum Gasteiger partial charge on any atom is 0.163 e. The molecule has 0 aromatic carbocycles. The van der Waals surface area contributed by atoms with Crippen LogP contribution in [-0.2, 0) is 17.8 Å². The Bertz CT molecular complexity index is 529. The van der Waals surface area contributed by atoms with E-state index in [2.05, 4.69) is 50.1 Å². The highest BCUT2D eigenvalue weighted by molar-refractivity contribution is 5.56. The molecule has 0 saturated carbocycles. The number of fused-ring (bicyclic) bond motifs is 1. The van der Waals surface area contributed by atoms with Gasteiger partial charge in [-0.15, -0.1) is 0 Å². The van der Waals surface area contributed by atoms with Gasteiger partial charge in [0.15, 0.2) is 5.69 Å². The topological polar surface area (TPSA) is 57.9 Å². The van der Waals surface area contributed by atoms with E-state index >= 15 is 0 Å². The molecule has 1 aromatic rings. The van der Waals surface area contributed by atoms with Crippen LogP contribution in [0.15, 0.2) is 6.07 Å². The van der Waals surface area contributed by atoms with Crippen molar-refractivity contribution in [2.75, 3.05) is 11.9 Å². The van der Waals surface area contributed by atoms with Gasteiger partial charge in [-0.2, -0.15) is 5.26 Å². The first kappa shape index (κ1) is 14.8. The van der Waals surface area contributed by atoms with Crippen LogP contribution in [0.4, 0.5) is 5.69 Å². The SMILES string of the molecule is CC(C)CCNc1cc2c(nc1C#N)COC(C)(C)C2. The van der Waals surface area contributed by atoms with Crippen molar-refractivity contribution in [3.8, 4) is 6.07 Å². The van der Waals surface area contributed by atoms with Crippen LogP contribution in [0.1, 0.15) is 51.1 Å². The van der Waals surface area contributed by atoms with Crippen LogP contribution in [0, 0.1) is 17.2 Å². The molecule has 1 N–H and O–H groups in total. The van der Waals surface area contributed by atoms with Gasteiger partial charge in [0.2, 0.25) is 0 Å². The molecule has 2 heterocycles. The molecule has 2 rings (SSSR count). The number of anilines is 1. The zero-order valence-corrected chi connectivity index (χ0v) is 12.8. The minimum absolute atomic E-state index is 0.155. The Morgan fingerprint density at radius 1 is 1.50 bits per heavy atom. The predicted octanol–water partition coefficient (Wildman–Crippen LogP) is 3.26. The molecule has 1 aliphatic rings. The quantitative estimate of drug-likeness (QED) is 0.914. The van der Waals surface area contributed by atoms with Crippen molar-refractivity contribution in [2.45, 2.75) is 52.7 Å². The molecule has 20 heavy (non-hydrogen) atoms. The third kappa shape index (κ3) is 3.49. The molecule has 0 unspecified atom stereocenters. The van der Waals surface area contributed by atoms with E-state index in [4.69, 9.17) is 4.74 Å². The molecule has 0 saturated heterocycles. The molecule has 1 aliphatic heterocycles. The van der Waals surface area contributed by atoms with Gasteiger partial charge in [0.05, 0.1) is 23.6 Å². The fourth-order valence-electron chi connectivity index (χ4n) is 2.36. The summed E-state index contributed by atoms with van der Waals surface area (Å²) in [5, 5.41) is 12.6. The van der Waals surface area contributed by atoms with Crippen LogP contribution >= 0.6 is 0 Å². The summed E-state index contributed by atoms with van der Waals surface area (Å²) in [6, 6.07) is 4.25. The lowest BCUT2D eigenvalue weighted by Crippen LogP contribution is -2.32. The van der Waals surface area contributed by atoms with Gasteiger partial charge in [0, 0.05) is 13.0 Å². The first-order chi connectivity index (χ1) is 9.41. The summed E-state index contributed by atoms with van der Waals surface area (Å²) in [6.45, 7) is 9.91. The first-order valence-electron chi connectivity index (χ1n) is 7.22. The van der Waals surface area contributed by atoms with Crippen molar-refractivity contribution in [3.63, 3.8) is 0 Å². The molecule has 0 radical (unpaired) electrons. The molecule has 108 valence electrons. The average molecular weight is 273 g/mol. The maximum absolute atomic E-state index is 9.24. The highest BCUT2D eigenvalue weighted by atomic mass is 16.5. The Morgan fingerprint density at radius 3 is 2.90 bits per heavy atom. The number of ether oxygens (including phenoxy) is 1. The van der Waals surface area contributed by atoms with Crippen molar-refractivity contribution < 1.29 is 4.74 Å². The van der Waals surface area contributed by atoms with Gasteiger partial charge >= 0.3 is 0 Å². The van der Waals surface area contributed by atoms with E-state index in [-0.39, 0.29) is 5.60 Å². The Labute approximate surface area is 121 Å². The molecule has 0 aliphatic carbocycles. The third-order valence-electron chi connectivity index (χ3n) is 3.55. The summed E-state index contributed by atoms with van der Waals surface area (Å²) in [5.41, 5.74) is 3.25. The number of hydrogen-bond donors (Lipinski definition) is 1. The van der Waals surface area contributed by atoms with Crippen LogP contribution in [0.3, 0.4) is 0 Å². The van der Waals surface area contributed by atoms with Crippen LogP contribution < -0.4 is 5.32 Å². The van der Waals surface area contributed by atoms with Gasteiger partial charge in [-0.05, 0) is 37.8 Å². The van der Waals surface area contributed by atoms with Gasteiger partial charge < -0.3 is 10.1 Å². The smallest absolute Gasteiger partial charge is 0.163 e. The highest BCUT2D eigenvalue weighted by Gasteiger charge is 2.27. The number of hydrogen-bond acceptors (Lipinski definition) is 4. The fourth-order valence-corrected chi connectivity index (χ4v) is 2.36. The number of nitrogens with one attached hydrogen (secondary N) is 1. The van der Waals surface area contributed by atoms with E-state index in [1.165, 1.54) is 5.56 Å². The summed E-state index contributed by atoms with van der Waals surface area (Å²) >= 11 is 0. The molecule has 4 heteroatoms. The lowest BCUT2D eigenvalue weighted by Gasteiger charge is -2.31. The van der Waals surface area contributed by atoms with E-state index in [0.29, 0.717) is 18.2 Å². The van der Waals surface area contributed by atoms with Crippen molar-refractivity contribution in [1.82, 2.24) is 4.98 Å². The van der Waals surface area contributed by atoms with Crippen molar-refractivity contribution >= 4 is 5.69 Å². The summed E-state index contributed by atoms with van der Waals surface area (Å²) in [4.78, 5) is 4.45. The summed E-state index contributed by atoms with van der Waals surface area (Å²) in [5.74, 6) is 0.644. The molecular formula is C16H23N3O. The molecular weight excluding hydrogens is 250 g/mol. The minimum Gasteiger partial charge on any atom is -0.383 e. The van der Waals surface area contributed by atoms with Crippen LogP contribution in [0.5, 0.6) is 0 Å². The van der Waals surface area contributed by atoms with Crippen LogP contribution in [0.25, 0.3) is 0 Å². The van der Waals surface area contributed by atoms with Gasteiger partial charge in [-0.25, -0.2) is 4.98 Å². The number of nitrogens with zero attached hydrogens (tertiary/aromatic N) is 2. The summed E-state index contributed by atoms with van der Waals surface area (Å²) in [6.07, 6.45) is 1.91. The first-order valence-corrected chi connectivity index (χ1v) is 7.22. The van der Waals surface area contributed by atoms with Crippen LogP contribution in [-0.4, -0.2) is 17.1 Å². The molecule has 0 spiro atoms. The van der Waals surface area contributed by atoms with Crippen molar-refractivity contribution in [3.05, 3.63) is 23.0 Å². The van der Waals surface area contributed by atoms with Gasteiger partial charge in [0.1, 0.15) is 6.07 Å². The Hall–Kier alpha value is -1.60. The Balaban J connectivity index is 2.21. The lowest BCUT2D eigenvalue weighted by molar-refractivity contribution is -0.0420. The van der Waals surface area contributed by atoms with E-state index in [1.807, 2.05) is 0 Å². The van der Waals surface area contributed by atoms with E-state index < -0.39 is 0 Å². The molecule has 0 amide bonds. The van der Waals surface area contributed by atoms with Crippen molar-refractivity contribution in [1.29, 1.82) is 5.26 Å². The van der Waals surface area contributed by atoms with E-state index in [0.717, 1.165) is 30.8 Å². The fraction of sp³-hybridized carbons (Fsp3) is 0.625. The molecule has 0 bridgehead atoms. The maximum atomic E-state index is 9.24. The predicted molar refractivity (Wildman–Crippen MR) is 79.5 cm³/mol. The average Bonchev–Trinajstić information content (AvgIpc) is 2.36.